The third kappa shape index (κ3) is 4.91. The number of carbonyl (C=O) groups is 1. The molecule has 0 saturated heterocycles. The summed E-state index contributed by atoms with van der Waals surface area (Å²) >= 11 is 0.849. The largest absolute Gasteiger partial charge is 0.544 e. The molecule has 0 atom stereocenters. The van der Waals surface area contributed by atoms with E-state index in [1.807, 2.05) is 6.92 Å². The summed E-state index contributed by atoms with van der Waals surface area (Å²) < 4.78 is 5.70. The molecular formula is C19H17N4O5S-. The summed E-state index contributed by atoms with van der Waals surface area (Å²) in [6, 6.07) is 7.67. The van der Waals surface area contributed by atoms with Gasteiger partial charge in [-0.2, -0.15) is 0 Å². The number of nitro groups is 1. The van der Waals surface area contributed by atoms with Crippen LogP contribution in [0.2, 0.25) is 0 Å². The van der Waals surface area contributed by atoms with Crippen molar-refractivity contribution in [2.75, 3.05) is 0 Å². The molecule has 3 aromatic rings. The SMILES string of the molecule is CCCc1nc(S/C(=C/c2ccc(-c3cc([N+](=O)[O-])ccc3C)o2)C(=O)[O-])n[nH]1. The number of hydrogen-bond donors (Lipinski definition) is 1. The Balaban J connectivity index is 1.87. The number of H-pyrrole nitrogens is 1. The Hall–Kier alpha value is -3.40. The Morgan fingerprint density at radius 3 is 2.83 bits per heavy atom. The first-order valence-corrected chi connectivity index (χ1v) is 9.56. The van der Waals surface area contributed by atoms with E-state index in [1.165, 1.54) is 18.2 Å². The fraction of sp³-hybridized carbons (Fsp3) is 0.211. The number of nitrogens with one attached hydrogen (secondary N) is 1. The van der Waals surface area contributed by atoms with Crippen molar-refractivity contribution >= 4 is 29.5 Å². The Labute approximate surface area is 170 Å². The predicted molar refractivity (Wildman–Crippen MR) is 105 cm³/mol. The summed E-state index contributed by atoms with van der Waals surface area (Å²) in [5.41, 5.74) is 1.29. The van der Waals surface area contributed by atoms with E-state index in [-0.39, 0.29) is 21.5 Å². The summed E-state index contributed by atoms with van der Waals surface area (Å²) in [6.07, 6.45) is 2.91. The minimum atomic E-state index is -1.39. The first-order chi connectivity index (χ1) is 13.9. The predicted octanol–water partition coefficient (Wildman–Crippen LogP) is 3.12. The zero-order chi connectivity index (χ0) is 21.0. The molecule has 0 saturated carbocycles. The maximum atomic E-state index is 11.5. The second-order valence-corrected chi connectivity index (χ2v) is 7.18. The molecule has 29 heavy (non-hydrogen) atoms. The van der Waals surface area contributed by atoms with Gasteiger partial charge in [0.25, 0.3) is 5.69 Å². The minimum absolute atomic E-state index is 0.0578. The van der Waals surface area contributed by atoms with E-state index in [9.17, 15) is 20.0 Å². The van der Waals surface area contributed by atoms with Crippen molar-refractivity contribution in [2.24, 2.45) is 0 Å². The first-order valence-electron chi connectivity index (χ1n) is 8.74. The number of aryl methyl sites for hydroxylation is 2. The molecule has 0 aliphatic carbocycles. The molecule has 0 unspecified atom stereocenters. The summed E-state index contributed by atoms with van der Waals surface area (Å²) in [6.45, 7) is 3.80. The molecule has 0 aliphatic rings. The zero-order valence-electron chi connectivity index (χ0n) is 15.7. The minimum Gasteiger partial charge on any atom is -0.544 e. The summed E-state index contributed by atoms with van der Waals surface area (Å²) in [7, 11) is 0. The van der Waals surface area contributed by atoms with Crippen LogP contribution >= 0.6 is 11.8 Å². The van der Waals surface area contributed by atoms with Crippen LogP contribution in [-0.4, -0.2) is 26.1 Å². The van der Waals surface area contributed by atoms with E-state index in [0.717, 1.165) is 23.7 Å². The van der Waals surface area contributed by atoms with Crippen LogP contribution in [-0.2, 0) is 11.2 Å². The molecular weight excluding hydrogens is 396 g/mol. The molecule has 1 aromatic carbocycles. The second kappa shape index (κ2) is 8.74. The van der Waals surface area contributed by atoms with E-state index in [2.05, 4.69) is 15.2 Å². The van der Waals surface area contributed by atoms with Gasteiger partial charge >= 0.3 is 0 Å². The van der Waals surface area contributed by atoms with E-state index >= 15 is 0 Å². The molecule has 0 radical (unpaired) electrons. The molecule has 2 aromatic heterocycles. The van der Waals surface area contributed by atoms with Crippen LogP contribution in [0.4, 0.5) is 5.69 Å². The number of nitro benzene ring substituents is 1. The fourth-order valence-corrected chi connectivity index (χ4v) is 3.30. The highest BCUT2D eigenvalue weighted by Gasteiger charge is 2.14. The van der Waals surface area contributed by atoms with Crippen molar-refractivity contribution in [3.63, 3.8) is 0 Å². The third-order valence-electron chi connectivity index (χ3n) is 4.00. The summed E-state index contributed by atoms with van der Waals surface area (Å²) in [4.78, 5) is 26.1. The average molecular weight is 413 g/mol. The maximum Gasteiger partial charge on any atom is 0.270 e. The Kier molecular flexibility index (Phi) is 6.13. The van der Waals surface area contributed by atoms with Gasteiger partial charge in [0.1, 0.15) is 17.3 Å². The Bertz CT molecular complexity index is 1090. The van der Waals surface area contributed by atoms with E-state index in [4.69, 9.17) is 4.42 Å². The van der Waals surface area contributed by atoms with Gasteiger partial charge in [0.05, 0.1) is 10.9 Å². The van der Waals surface area contributed by atoms with Gasteiger partial charge < -0.3 is 14.3 Å². The Morgan fingerprint density at radius 1 is 1.34 bits per heavy atom. The van der Waals surface area contributed by atoms with Gasteiger partial charge in [-0.3, -0.25) is 15.2 Å². The van der Waals surface area contributed by atoms with Gasteiger partial charge in [-0.05, 0) is 48.9 Å². The average Bonchev–Trinajstić information content (AvgIpc) is 3.31. The number of carbonyl (C=O) groups excluding carboxylic acids is 1. The van der Waals surface area contributed by atoms with Gasteiger partial charge in [0.15, 0.2) is 0 Å². The number of hydrogen-bond acceptors (Lipinski definition) is 8. The van der Waals surface area contributed by atoms with Crippen LogP contribution in [0.15, 0.2) is 44.8 Å². The standard InChI is InChI=1S/C19H18N4O5S/c1-3-4-17-20-19(22-21-17)29-16(18(24)25)10-13-7-8-15(28-13)14-9-12(23(26)27)6-5-11(14)2/h5-10H,3-4H2,1-2H3,(H,24,25)(H,20,21,22)/p-1/b16-10+. The number of benzene rings is 1. The molecule has 0 amide bonds. The highest BCUT2D eigenvalue weighted by molar-refractivity contribution is 8.04. The number of rotatable bonds is 8. The van der Waals surface area contributed by atoms with Crippen LogP contribution in [0.5, 0.6) is 0 Å². The van der Waals surface area contributed by atoms with Crippen molar-refractivity contribution in [3.05, 3.63) is 62.5 Å². The van der Waals surface area contributed by atoms with Gasteiger partial charge in [-0.1, -0.05) is 13.0 Å². The van der Waals surface area contributed by atoms with Crippen molar-refractivity contribution in [1.29, 1.82) is 0 Å². The molecule has 10 heteroatoms. The first kappa shape index (κ1) is 20.3. The highest BCUT2D eigenvalue weighted by atomic mass is 32.2. The summed E-state index contributed by atoms with van der Waals surface area (Å²) in [5, 5.41) is 29.5. The molecule has 0 aliphatic heterocycles. The highest BCUT2D eigenvalue weighted by Crippen LogP contribution is 2.31. The van der Waals surface area contributed by atoms with Crippen LogP contribution in [0.25, 0.3) is 17.4 Å². The van der Waals surface area contributed by atoms with E-state index in [0.29, 0.717) is 23.6 Å². The van der Waals surface area contributed by atoms with E-state index < -0.39 is 10.9 Å². The lowest BCUT2D eigenvalue weighted by molar-refractivity contribution is -0.384. The smallest absolute Gasteiger partial charge is 0.270 e. The van der Waals surface area contributed by atoms with Crippen LogP contribution in [0, 0.1) is 17.0 Å². The number of thioether (sulfide) groups is 1. The summed E-state index contributed by atoms with van der Waals surface area (Å²) in [5.74, 6) is -0.0550. The number of furan rings is 1. The number of nitrogens with zero attached hydrogens (tertiary/aromatic N) is 3. The van der Waals surface area contributed by atoms with Gasteiger partial charge in [0, 0.05) is 29.0 Å². The van der Waals surface area contributed by atoms with Gasteiger partial charge in [-0.15, -0.1) is 5.10 Å². The molecule has 9 nitrogen and oxygen atoms in total. The van der Waals surface area contributed by atoms with Crippen LogP contribution in [0.1, 0.15) is 30.5 Å². The molecule has 150 valence electrons. The lowest BCUT2D eigenvalue weighted by Crippen LogP contribution is -2.23. The number of non-ortho nitro benzene ring substituents is 1. The van der Waals surface area contributed by atoms with Gasteiger partial charge in [0.2, 0.25) is 5.16 Å². The molecule has 0 spiro atoms. The van der Waals surface area contributed by atoms with Crippen molar-refractivity contribution in [1.82, 2.24) is 15.2 Å². The third-order valence-corrected chi connectivity index (χ3v) is 4.87. The van der Waals surface area contributed by atoms with E-state index in [1.54, 1.807) is 25.1 Å². The molecule has 3 rings (SSSR count). The van der Waals surface area contributed by atoms with Crippen LogP contribution < -0.4 is 5.11 Å². The normalized spacial score (nSPS) is 11.6. The Morgan fingerprint density at radius 2 is 2.14 bits per heavy atom. The number of aliphatic carboxylic acids is 1. The number of carboxylic acids is 1. The van der Waals surface area contributed by atoms with Crippen molar-refractivity contribution in [2.45, 2.75) is 31.8 Å². The number of carboxylic acid groups (broad SMARTS) is 1. The van der Waals surface area contributed by atoms with Crippen LogP contribution in [0.3, 0.4) is 0 Å². The molecule has 2 heterocycles. The maximum absolute atomic E-state index is 11.5. The zero-order valence-corrected chi connectivity index (χ0v) is 16.5. The quantitative estimate of drug-likeness (QED) is 0.257. The lowest BCUT2D eigenvalue weighted by Gasteiger charge is -2.05. The fourth-order valence-electron chi connectivity index (χ4n) is 2.59. The lowest BCUT2D eigenvalue weighted by atomic mass is 10.1. The second-order valence-electron chi connectivity index (χ2n) is 6.17. The number of aromatic nitrogens is 3. The van der Waals surface area contributed by atoms with Crippen molar-refractivity contribution < 1.29 is 19.2 Å². The molecule has 1 N–H and O–H groups in total. The van der Waals surface area contributed by atoms with Gasteiger partial charge in [-0.25, -0.2) is 4.98 Å². The topological polar surface area (TPSA) is 138 Å². The number of aromatic amines is 1. The molecule has 0 bridgehead atoms. The monoisotopic (exact) mass is 413 g/mol. The molecule has 0 fully saturated rings. The van der Waals surface area contributed by atoms with Crippen molar-refractivity contribution in [3.8, 4) is 11.3 Å².